The molecule has 0 aromatic heterocycles. The number of rotatable bonds is 3. The van der Waals surface area contributed by atoms with Crippen LogP contribution in [0.3, 0.4) is 0 Å². The zero-order valence-corrected chi connectivity index (χ0v) is 11.4. The summed E-state index contributed by atoms with van der Waals surface area (Å²) >= 11 is 3.57. The highest BCUT2D eigenvalue weighted by Crippen LogP contribution is 2.32. The van der Waals surface area contributed by atoms with Crippen molar-refractivity contribution in [2.75, 3.05) is 20.2 Å². The van der Waals surface area contributed by atoms with Gasteiger partial charge >= 0.3 is 0 Å². The number of halogens is 1. The van der Waals surface area contributed by atoms with Gasteiger partial charge in [0.2, 0.25) is 0 Å². The van der Waals surface area contributed by atoms with Gasteiger partial charge in [-0.3, -0.25) is 0 Å². The molecule has 88 valence electrons. The van der Waals surface area contributed by atoms with Crippen LogP contribution < -0.4 is 10.1 Å². The molecule has 1 heterocycles. The summed E-state index contributed by atoms with van der Waals surface area (Å²) in [5.41, 5.74) is 2.61. The van der Waals surface area contributed by atoms with E-state index in [1.165, 1.54) is 17.5 Å². The molecule has 0 spiro atoms. The van der Waals surface area contributed by atoms with Crippen molar-refractivity contribution in [1.29, 1.82) is 0 Å². The molecule has 0 amide bonds. The molecule has 2 nitrogen and oxygen atoms in total. The lowest BCUT2D eigenvalue weighted by Crippen LogP contribution is -2.11. The molecule has 16 heavy (non-hydrogen) atoms. The maximum atomic E-state index is 5.47. The third kappa shape index (κ3) is 2.58. The third-order valence-corrected chi connectivity index (χ3v) is 3.73. The number of hydrogen-bond donors (Lipinski definition) is 1. The van der Waals surface area contributed by atoms with Crippen LogP contribution in [-0.2, 0) is 6.42 Å². The van der Waals surface area contributed by atoms with Crippen molar-refractivity contribution >= 4 is 15.9 Å². The topological polar surface area (TPSA) is 21.3 Å². The Morgan fingerprint density at radius 1 is 1.50 bits per heavy atom. The van der Waals surface area contributed by atoms with E-state index in [1.54, 1.807) is 7.11 Å². The Morgan fingerprint density at radius 3 is 2.94 bits per heavy atom. The van der Waals surface area contributed by atoms with Crippen molar-refractivity contribution in [3.63, 3.8) is 0 Å². The van der Waals surface area contributed by atoms with Gasteiger partial charge in [0, 0.05) is 0 Å². The lowest BCUT2D eigenvalue weighted by molar-refractivity contribution is 0.402. The Kier molecular flexibility index (Phi) is 3.87. The van der Waals surface area contributed by atoms with Crippen molar-refractivity contribution < 1.29 is 4.74 Å². The largest absolute Gasteiger partial charge is 0.495 e. The minimum atomic E-state index is 0.752. The fourth-order valence-electron chi connectivity index (χ4n) is 2.38. The van der Waals surface area contributed by atoms with Gasteiger partial charge in [-0.25, -0.2) is 0 Å². The average molecular weight is 284 g/mol. The van der Waals surface area contributed by atoms with Crippen LogP contribution in [0.1, 0.15) is 17.5 Å². The van der Waals surface area contributed by atoms with E-state index >= 15 is 0 Å². The Labute approximate surface area is 106 Å². The summed E-state index contributed by atoms with van der Waals surface area (Å²) in [4.78, 5) is 0. The summed E-state index contributed by atoms with van der Waals surface area (Å²) in [6.45, 7) is 4.41. The zero-order chi connectivity index (χ0) is 11.5. The second-order valence-electron chi connectivity index (χ2n) is 4.50. The van der Waals surface area contributed by atoms with Gasteiger partial charge in [-0.1, -0.05) is 6.07 Å². The van der Waals surface area contributed by atoms with Crippen LogP contribution in [0, 0.1) is 12.8 Å². The highest BCUT2D eigenvalue weighted by Gasteiger charge is 2.18. The zero-order valence-electron chi connectivity index (χ0n) is 9.85. The van der Waals surface area contributed by atoms with Gasteiger partial charge in [0.05, 0.1) is 11.6 Å². The Bertz CT molecular complexity index is 372. The highest BCUT2D eigenvalue weighted by molar-refractivity contribution is 9.10. The van der Waals surface area contributed by atoms with Crippen molar-refractivity contribution in [2.45, 2.75) is 19.8 Å². The van der Waals surface area contributed by atoms with E-state index in [4.69, 9.17) is 4.74 Å². The van der Waals surface area contributed by atoms with E-state index < -0.39 is 0 Å². The quantitative estimate of drug-likeness (QED) is 0.921. The number of ether oxygens (including phenoxy) is 1. The number of hydrogen-bond acceptors (Lipinski definition) is 2. The van der Waals surface area contributed by atoms with E-state index in [0.717, 1.165) is 35.7 Å². The number of methoxy groups -OCH3 is 1. The molecule has 0 saturated carbocycles. The molecule has 0 aliphatic carbocycles. The van der Waals surface area contributed by atoms with Crippen LogP contribution in [0.25, 0.3) is 0 Å². The van der Waals surface area contributed by atoms with Crippen molar-refractivity contribution in [2.24, 2.45) is 5.92 Å². The first kappa shape index (κ1) is 11.9. The van der Waals surface area contributed by atoms with Gasteiger partial charge in [-0.15, -0.1) is 0 Å². The van der Waals surface area contributed by atoms with E-state index in [0.29, 0.717) is 0 Å². The van der Waals surface area contributed by atoms with E-state index in [9.17, 15) is 0 Å². The van der Waals surface area contributed by atoms with Gasteiger partial charge in [0.1, 0.15) is 5.75 Å². The molecule has 1 aromatic rings. The molecular weight excluding hydrogens is 266 g/mol. The van der Waals surface area contributed by atoms with E-state index in [2.05, 4.69) is 40.3 Å². The summed E-state index contributed by atoms with van der Waals surface area (Å²) in [6.07, 6.45) is 2.38. The first-order valence-corrected chi connectivity index (χ1v) is 6.53. The fraction of sp³-hybridized carbons (Fsp3) is 0.538. The Balaban J connectivity index is 2.23. The summed E-state index contributed by atoms with van der Waals surface area (Å²) in [5, 5.41) is 3.41. The lowest BCUT2D eigenvalue weighted by atomic mass is 9.97. The van der Waals surface area contributed by atoms with Crippen molar-refractivity contribution in [3.05, 3.63) is 27.7 Å². The van der Waals surface area contributed by atoms with Gasteiger partial charge in [-0.05, 0) is 71.9 Å². The molecule has 0 bridgehead atoms. The predicted octanol–water partition coefficient (Wildman–Crippen LogP) is 2.92. The maximum Gasteiger partial charge on any atom is 0.136 e. The van der Waals surface area contributed by atoms with Crippen LogP contribution in [0.15, 0.2) is 16.6 Å². The molecular formula is C13H18BrNO. The van der Waals surface area contributed by atoms with Crippen LogP contribution in [0.4, 0.5) is 0 Å². The monoisotopic (exact) mass is 283 g/mol. The minimum absolute atomic E-state index is 0.752. The minimum Gasteiger partial charge on any atom is -0.495 e. The standard InChI is InChI=1S/C13H18BrNO/c1-9-5-11(7-10-3-4-15-8-10)13(16-2)12(14)6-9/h5-6,10,15H,3-4,7-8H2,1-2H3. The third-order valence-electron chi connectivity index (χ3n) is 3.14. The highest BCUT2D eigenvalue weighted by atomic mass is 79.9. The molecule has 2 rings (SSSR count). The van der Waals surface area contributed by atoms with E-state index in [-0.39, 0.29) is 0 Å². The SMILES string of the molecule is COc1c(Br)cc(C)cc1CC1CCNC1. The summed E-state index contributed by atoms with van der Waals surface area (Å²) in [5.74, 6) is 1.75. The number of nitrogens with one attached hydrogen (secondary N) is 1. The van der Waals surface area contributed by atoms with E-state index in [1.807, 2.05) is 0 Å². The molecule has 0 radical (unpaired) electrons. The van der Waals surface area contributed by atoms with Crippen molar-refractivity contribution in [1.82, 2.24) is 5.32 Å². The van der Waals surface area contributed by atoms with Crippen molar-refractivity contribution in [3.8, 4) is 5.75 Å². The Hall–Kier alpha value is -0.540. The van der Waals surface area contributed by atoms with Gasteiger partial charge in [0.25, 0.3) is 0 Å². The maximum absolute atomic E-state index is 5.47. The smallest absolute Gasteiger partial charge is 0.136 e. The average Bonchev–Trinajstić information content (AvgIpc) is 2.70. The Morgan fingerprint density at radius 2 is 2.31 bits per heavy atom. The predicted molar refractivity (Wildman–Crippen MR) is 70.1 cm³/mol. The van der Waals surface area contributed by atoms with Gasteiger partial charge in [-0.2, -0.15) is 0 Å². The fourth-order valence-corrected chi connectivity index (χ4v) is 3.16. The molecule has 3 heteroatoms. The van der Waals surface area contributed by atoms with Gasteiger partial charge in [0.15, 0.2) is 0 Å². The summed E-state index contributed by atoms with van der Waals surface area (Å²) in [6, 6.07) is 4.34. The normalized spacial score (nSPS) is 20.1. The number of benzene rings is 1. The second-order valence-corrected chi connectivity index (χ2v) is 5.36. The molecule has 1 saturated heterocycles. The number of aryl methyl sites for hydroxylation is 1. The molecule has 1 unspecified atom stereocenters. The molecule has 1 aromatic carbocycles. The first-order chi connectivity index (χ1) is 7.70. The van der Waals surface area contributed by atoms with Gasteiger partial charge < -0.3 is 10.1 Å². The molecule has 1 N–H and O–H groups in total. The van der Waals surface area contributed by atoms with Crippen LogP contribution in [0.2, 0.25) is 0 Å². The summed E-state index contributed by atoms with van der Waals surface area (Å²) < 4.78 is 6.54. The van der Waals surface area contributed by atoms with Crippen LogP contribution >= 0.6 is 15.9 Å². The first-order valence-electron chi connectivity index (χ1n) is 5.74. The lowest BCUT2D eigenvalue weighted by Gasteiger charge is -2.14. The molecule has 1 atom stereocenters. The molecule has 1 aliphatic heterocycles. The van der Waals surface area contributed by atoms with Crippen LogP contribution in [-0.4, -0.2) is 20.2 Å². The van der Waals surface area contributed by atoms with Crippen LogP contribution in [0.5, 0.6) is 5.75 Å². The molecule has 1 fully saturated rings. The molecule has 1 aliphatic rings. The summed E-state index contributed by atoms with van der Waals surface area (Å²) in [7, 11) is 1.74. The second kappa shape index (κ2) is 5.19.